The number of fused-ring (bicyclic) bond motifs is 1. The molecule has 0 bridgehead atoms. The van der Waals surface area contributed by atoms with Crippen LogP contribution in [0.1, 0.15) is 34.5 Å². The van der Waals surface area contributed by atoms with E-state index in [9.17, 15) is 9.18 Å². The Kier molecular flexibility index (Phi) is 2.54. The summed E-state index contributed by atoms with van der Waals surface area (Å²) in [6.45, 7) is 1.95. The molecule has 0 fully saturated rings. The summed E-state index contributed by atoms with van der Waals surface area (Å²) in [6, 6.07) is 6.59. The van der Waals surface area contributed by atoms with Gasteiger partial charge in [-0.15, -0.1) is 0 Å². The number of rotatable bonds is 1. The third-order valence-corrected chi connectivity index (χ3v) is 3.54. The maximum atomic E-state index is 13.4. The van der Waals surface area contributed by atoms with Crippen LogP contribution in [0.2, 0.25) is 0 Å². The molecule has 1 aromatic carbocycles. The number of hydrogen-bond donors (Lipinski definition) is 0. The van der Waals surface area contributed by atoms with E-state index in [1.807, 2.05) is 23.8 Å². The molecule has 0 atom stereocenters. The number of carbonyl (C=O) groups is 1. The molecule has 0 unspecified atom stereocenters. The van der Waals surface area contributed by atoms with Gasteiger partial charge in [-0.1, -0.05) is 6.07 Å². The van der Waals surface area contributed by atoms with Crippen LogP contribution >= 0.6 is 0 Å². The number of hydrogen-bond acceptors (Lipinski definition) is 1. The fourth-order valence-corrected chi connectivity index (χ4v) is 2.59. The number of benzene rings is 1. The molecular weight excluding hydrogens is 229 g/mol. The molecule has 1 heterocycles. The Morgan fingerprint density at radius 2 is 2.06 bits per heavy atom. The summed E-state index contributed by atoms with van der Waals surface area (Å²) in [5.74, 6) is -0.0516. The van der Waals surface area contributed by atoms with E-state index < -0.39 is 0 Å². The molecule has 92 valence electrons. The second-order valence-electron chi connectivity index (χ2n) is 4.75. The standard InChI is InChI=1S/C15H14FNO/c1-10-5-6-11(16)9-14(10)17-8-7-12-13(17)3-2-4-15(12)18/h5-9H,2-4H2,1H3. The molecular formula is C15H14FNO. The normalized spacial score (nSPS) is 14.7. The Morgan fingerprint density at radius 1 is 1.22 bits per heavy atom. The number of aromatic nitrogens is 1. The van der Waals surface area contributed by atoms with Crippen molar-refractivity contribution in [3.8, 4) is 5.69 Å². The van der Waals surface area contributed by atoms with Crippen LogP contribution in [0.5, 0.6) is 0 Å². The number of carbonyl (C=O) groups excluding carboxylic acids is 1. The summed E-state index contributed by atoms with van der Waals surface area (Å²) in [7, 11) is 0. The van der Waals surface area contributed by atoms with Crippen LogP contribution in [-0.2, 0) is 6.42 Å². The summed E-state index contributed by atoms with van der Waals surface area (Å²) in [5.41, 5.74) is 3.64. The van der Waals surface area contributed by atoms with Crippen LogP contribution in [0.4, 0.5) is 4.39 Å². The second kappa shape index (κ2) is 4.09. The van der Waals surface area contributed by atoms with Crippen LogP contribution in [0.25, 0.3) is 5.69 Å². The number of nitrogens with zero attached hydrogens (tertiary/aromatic N) is 1. The van der Waals surface area contributed by atoms with Gasteiger partial charge in [0.1, 0.15) is 5.82 Å². The molecule has 0 saturated heterocycles. The van der Waals surface area contributed by atoms with Gasteiger partial charge in [-0.3, -0.25) is 4.79 Å². The predicted molar refractivity (Wildman–Crippen MR) is 67.7 cm³/mol. The molecule has 0 saturated carbocycles. The monoisotopic (exact) mass is 243 g/mol. The highest BCUT2D eigenvalue weighted by molar-refractivity contribution is 5.98. The average molecular weight is 243 g/mol. The molecule has 0 amide bonds. The number of halogens is 1. The average Bonchev–Trinajstić information content (AvgIpc) is 2.77. The molecule has 0 radical (unpaired) electrons. The number of ketones is 1. The lowest BCUT2D eigenvalue weighted by Gasteiger charge is -2.16. The van der Waals surface area contributed by atoms with Crippen molar-refractivity contribution in [2.75, 3.05) is 0 Å². The van der Waals surface area contributed by atoms with Crippen LogP contribution < -0.4 is 0 Å². The first kappa shape index (κ1) is 11.2. The van der Waals surface area contributed by atoms with Crippen LogP contribution in [0.15, 0.2) is 30.5 Å². The van der Waals surface area contributed by atoms with Crippen molar-refractivity contribution in [1.82, 2.24) is 4.57 Å². The Hall–Kier alpha value is -1.90. The van der Waals surface area contributed by atoms with Gasteiger partial charge in [-0.2, -0.15) is 0 Å². The SMILES string of the molecule is Cc1ccc(F)cc1-n1ccc2c1CCCC2=O. The number of Topliss-reactive ketones (excluding diaryl/α,β-unsaturated/α-hetero) is 1. The van der Waals surface area contributed by atoms with Crippen LogP contribution in [0.3, 0.4) is 0 Å². The maximum absolute atomic E-state index is 13.4. The topological polar surface area (TPSA) is 22.0 Å². The van der Waals surface area contributed by atoms with Crippen molar-refractivity contribution in [3.05, 3.63) is 53.1 Å². The summed E-state index contributed by atoms with van der Waals surface area (Å²) in [6.07, 6.45) is 4.25. The largest absolute Gasteiger partial charge is 0.320 e. The summed E-state index contributed by atoms with van der Waals surface area (Å²) in [4.78, 5) is 11.8. The van der Waals surface area contributed by atoms with Crippen molar-refractivity contribution >= 4 is 5.78 Å². The van der Waals surface area contributed by atoms with Crippen molar-refractivity contribution in [2.24, 2.45) is 0 Å². The van der Waals surface area contributed by atoms with E-state index >= 15 is 0 Å². The lowest BCUT2D eigenvalue weighted by Crippen LogP contribution is -2.12. The van der Waals surface area contributed by atoms with E-state index in [1.165, 1.54) is 12.1 Å². The first-order valence-electron chi connectivity index (χ1n) is 6.17. The lowest BCUT2D eigenvalue weighted by atomic mass is 9.96. The summed E-state index contributed by atoms with van der Waals surface area (Å²) < 4.78 is 15.3. The van der Waals surface area contributed by atoms with Crippen molar-refractivity contribution in [1.29, 1.82) is 0 Å². The van der Waals surface area contributed by atoms with Gasteiger partial charge in [0.2, 0.25) is 0 Å². The fraction of sp³-hybridized carbons (Fsp3) is 0.267. The molecule has 0 spiro atoms. The Bertz CT molecular complexity index is 627. The molecule has 3 rings (SSSR count). The van der Waals surface area contributed by atoms with Crippen molar-refractivity contribution in [2.45, 2.75) is 26.2 Å². The molecule has 2 aromatic rings. The van der Waals surface area contributed by atoms with E-state index in [2.05, 4.69) is 0 Å². The minimum absolute atomic E-state index is 0.198. The number of aryl methyl sites for hydroxylation is 1. The summed E-state index contributed by atoms with van der Waals surface area (Å²) >= 11 is 0. The Balaban J connectivity index is 2.18. The highest BCUT2D eigenvalue weighted by Crippen LogP contribution is 2.26. The molecule has 3 heteroatoms. The van der Waals surface area contributed by atoms with Gasteiger partial charge in [-0.25, -0.2) is 4.39 Å². The molecule has 0 aliphatic heterocycles. The van der Waals surface area contributed by atoms with Gasteiger partial charge < -0.3 is 4.57 Å². The molecule has 1 aromatic heterocycles. The lowest BCUT2D eigenvalue weighted by molar-refractivity contribution is 0.0972. The highest BCUT2D eigenvalue weighted by Gasteiger charge is 2.21. The molecule has 1 aliphatic carbocycles. The molecule has 0 N–H and O–H groups in total. The summed E-state index contributed by atoms with van der Waals surface area (Å²) in [5, 5.41) is 0. The van der Waals surface area contributed by atoms with Gasteiger partial charge in [0.05, 0.1) is 5.69 Å². The molecule has 18 heavy (non-hydrogen) atoms. The van der Waals surface area contributed by atoms with E-state index in [4.69, 9.17) is 0 Å². The van der Waals surface area contributed by atoms with Gasteiger partial charge in [0, 0.05) is 23.9 Å². The van der Waals surface area contributed by atoms with Crippen LogP contribution in [-0.4, -0.2) is 10.4 Å². The van der Waals surface area contributed by atoms with Crippen molar-refractivity contribution < 1.29 is 9.18 Å². The van der Waals surface area contributed by atoms with E-state index in [0.29, 0.717) is 6.42 Å². The first-order valence-corrected chi connectivity index (χ1v) is 6.17. The fourth-order valence-electron chi connectivity index (χ4n) is 2.59. The maximum Gasteiger partial charge on any atom is 0.164 e. The minimum atomic E-state index is -0.250. The van der Waals surface area contributed by atoms with E-state index in [1.54, 1.807) is 6.07 Å². The Morgan fingerprint density at radius 3 is 2.89 bits per heavy atom. The highest BCUT2D eigenvalue weighted by atomic mass is 19.1. The van der Waals surface area contributed by atoms with E-state index in [-0.39, 0.29) is 11.6 Å². The van der Waals surface area contributed by atoms with Gasteiger partial charge in [0.15, 0.2) is 5.78 Å². The zero-order valence-corrected chi connectivity index (χ0v) is 10.2. The van der Waals surface area contributed by atoms with Gasteiger partial charge in [-0.05, 0) is 43.5 Å². The molecule has 1 aliphatic rings. The van der Waals surface area contributed by atoms with E-state index in [0.717, 1.165) is 35.3 Å². The predicted octanol–water partition coefficient (Wildman–Crippen LogP) is 3.44. The smallest absolute Gasteiger partial charge is 0.164 e. The zero-order chi connectivity index (χ0) is 12.7. The molecule has 2 nitrogen and oxygen atoms in total. The van der Waals surface area contributed by atoms with Crippen molar-refractivity contribution in [3.63, 3.8) is 0 Å². The van der Waals surface area contributed by atoms with Gasteiger partial charge >= 0.3 is 0 Å². The minimum Gasteiger partial charge on any atom is -0.320 e. The van der Waals surface area contributed by atoms with Crippen LogP contribution in [0, 0.1) is 12.7 Å². The third kappa shape index (κ3) is 1.67. The Labute approximate surface area is 105 Å². The first-order chi connectivity index (χ1) is 8.66. The second-order valence-corrected chi connectivity index (χ2v) is 4.75. The quantitative estimate of drug-likeness (QED) is 0.752. The zero-order valence-electron chi connectivity index (χ0n) is 10.2. The third-order valence-electron chi connectivity index (χ3n) is 3.54. The van der Waals surface area contributed by atoms with Gasteiger partial charge in [0.25, 0.3) is 0 Å².